The largest absolute Gasteiger partial charge is 0.507 e. The van der Waals surface area contributed by atoms with Gasteiger partial charge < -0.3 is 28.8 Å². The lowest BCUT2D eigenvalue weighted by atomic mass is 9.94. The van der Waals surface area contributed by atoms with Crippen LogP contribution in [-0.4, -0.2) is 62.3 Å². The van der Waals surface area contributed by atoms with Crippen molar-refractivity contribution in [3.63, 3.8) is 0 Å². The van der Waals surface area contributed by atoms with Crippen molar-refractivity contribution in [3.05, 3.63) is 76.3 Å². The van der Waals surface area contributed by atoms with Crippen molar-refractivity contribution in [2.75, 3.05) is 39.4 Å². The van der Waals surface area contributed by atoms with E-state index in [-0.39, 0.29) is 33.7 Å². The van der Waals surface area contributed by atoms with Gasteiger partial charge in [0.15, 0.2) is 16.6 Å². The molecule has 1 N–H and O–H groups in total. The normalized spacial score (nSPS) is 15.8. The van der Waals surface area contributed by atoms with Crippen LogP contribution >= 0.6 is 11.3 Å². The number of hydrogen-bond donors (Lipinski definition) is 1. The molecule has 2 heterocycles. The maximum Gasteiger partial charge on any atom is 0.350 e. The summed E-state index contributed by atoms with van der Waals surface area (Å²) in [5.41, 5.74) is 0.771. The van der Waals surface area contributed by atoms with Crippen molar-refractivity contribution in [1.29, 1.82) is 0 Å². The molecule has 0 bridgehead atoms. The molecular formula is C32H34N2O9S. The Labute approximate surface area is 259 Å². The fourth-order valence-corrected chi connectivity index (χ4v) is 5.59. The van der Waals surface area contributed by atoms with Crippen LogP contribution in [0.3, 0.4) is 0 Å². The molecule has 1 aliphatic heterocycles. The van der Waals surface area contributed by atoms with Crippen LogP contribution in [0.2, 0.25) is 0 Å². The quantitative estimate of drug-likeness (QED) is 0.0910. The van der Waals surface area contributed by atoms with Crippen LogP contribution < -0.4 is 23.8 Å². The molecule has 1 atom stereocenters. The molecule has 0 saturated carbocycles. The van der Waals surface area contributed by atoms with E-state index in [1.54, 1.807) is 43.3 Å². The number of ether oxygens (including phenoxy) is 5. The van der Waals surface area contributed by atoms with Gasteiger partial charge in [-0.2, -0.15) is 0 Å². The number of rotatable bonds is 12. The Bertz CT molecular complexity index is 1580. The molecule has 2 aromatic carbocycles. The van der Waals surface area contributed by atoms with Crippen molar-refractivity contribution in [2.45, 2.75) is 26.8 Å². The Morgan fingerprint density at radius 3 is 2.27 bits per heavy atom. The molecule has 1 aromatic heterocycles. The number of nitrogens with zero attached hydrogens (tertiary/aromatic N) is 2. The van der Waals surface area contributed by atoms with E-state index in [0.717, 1.165) is 16.2 Å². The number of aromatic nitrogens is 1. The first-order valence-electron chi connectivity index (χ1n) is 13.7. The van der Waals surface area contributed by atoms with Crippen LogP contribution in [0, 0.1) is 12.8 Å². The summed E-state index contributed by atoms with van der Waals surface area (Å²) in [6.45, 7) is 9.69. The van der Waals surface area contributed by atoms with Gasteiger partial charge in [-0.3, -0.25) is 14.5 Å². The molecule has 11 nitrogen and oxygen atoms in total. The van der Waals surface area contributed by atoms with E-state index in [0.29, 0.717) is 40.8 Å². The van der Waals surface area contributed by atoms with Crippen LogP contribution in [0.5, 0.6) is 23.0 Å². The number of thiazole rings is 1. The fourth-order valence-electron chi connectivity index (χ4n) is 4.61. The standard InChI is InChI=1S/C32H34N2O9S/c1-8-13-42-31(38)29-18(4)33-32(44-29)34-25(20-14-22(39-5)28(41-7)23(15-20)40-6)24(27(36)30(34)37)26(35)19-9-11-21(12-10-19)43-16-17(2)3/h8-12,14-15,17,25,35H,1,13,16H2,2-7H3/b26-24+. The Balaban J connectivity index is 1.91. The topological polar surface area (TPSA) is 134 Å². The number of anilines is 1. The zero-order valence-electron chi connectivity index (χ0n) is 25.3. The van der Waals surface area contributed by atoms with Gasteiger partial charge in [-0.15, -0.1) is 0 Å². The van der Waals surface area contributed by atoms with Crippen molar-refractivity contribution in [1.82, 2.24) is 4.98 Å². The van der Waals surface area contributed by atoms with Crippen LogP contribution in [0.4, 0.5) is 5.13 Å². The fraction of sp³-hybridized carbons (Fsp3) is 0.312. The first kappa shape index (κ1) is 32.1. The highest BCUT2D eigenvalue weighted by Crippen LogP contribution is 2.48. The SMILES string of the molecule is C=CCOC(=O)c1sc(N2C(=O)C(=O)/C(=C(/O)c3ccc(OCC(C)C)cc3)C2c2cc(OC)c(OC)c(OC)c2)nc1C. The van der Waals surface area contributed by atoms with E-state index in [1.807, 2.05) is 13.8 Å². The summed E-state index contributed by atoms with van der Waals surface area (Å²) in [6.07, 6.45) is 1.43. The van der Waals surface area contributed by atoms with Crippen molar-refractivity contribution >= 4 is 39.9 Å². The van der Waals surface area contributed by atoms with Gasteiger partial charge in [-0.25, -0.2) is 9.78 Å². The molecule has 3 aromatic rings. The molecular weight excluding hydrogens is 588 g/mol. The van der Waals surface area contributed by atoms with E-state index >= 15 is 0 Å². The molecule has 232 valence electrons. The summed E-state index contributed by atoms with van der Waals surface area (Å²) >= 11 is 0.891. The summed E-state index contributed by atoms with van der Waals surface area (Å²) in [6, 6.07) is 8.54. The number of ketones is 1. The molecule has 1 aliphatic rings. The van der Waals surface area contributed by atoms with Crippen molar-refractivity contribution < 1.29 is 43.2 Å². The minimum Gasteiger partial charge on any atom is -0.507 e. The number of aliphatic hydroxyl groups excluding tert-OH is 1. The molecule has 1 unspecified atom stereocenters. The summed E-state index contributed by atoms with van der Waals surface area (Å²) in [7, 11) is 4.32. The number of carbonyl (C=O) groups is 3. The lowest BCUT2D eigenvalue weighted by Crippen LogP contribution is -2.29. The minimum atomic E-state index is -1.18. The Kier molecular flexibility index (Phi) is 9.94. The van der Waals surface area contributed by atoms with E-state index in [1.165, 1.54) is 27.4 Å². The second kappa shape index (κ2) is 13.6. The number of hydrogen-bond acceptors (Lipinski definition) is 11. The maximum atomic E-state index is 13.7. The minimum absolute atomic E-state index is 0.0112. The third kappa shape index (κ3) is 6.25. The van der Waals surface area contributed by atoms with Gasteiger partial charge in [-0.05, 0) is 54.8 Å². The van der Waals surface area contributed by atoms with Gasteiger partial charge in [0.1, 0.15) is 23.0 Å². The van der Waals surface area contributed by atoms with Crippen molar-refractivity contribution in [2.24, 2.45) is 5.92 Å². The van der Waals surface area contributed by atoms with Gasteiger partial charge in [0.05, 0.1) is 45.2 Å². The highest BCUT2D eigenvalue weighted by Gasteiger charge is 2.49. The van der Waals surface area contributed by atoms with E-state index < -0.39 is 29.5 Å². The number of esters is 1. The molecule has 0 aliphatic carbocycles. The highest BCUT2D eigenvalue weighted by molar-refractivity contribution is 7.17. The molecule has 1 amide bonds. The lowest BCUT2D eigenvalue weighted by molar-refractivity contribution is -0.132. The average Bonchev–Trinajstić information content (AvgIpc) is 3.53. The van der Waals surface area contributed by atoms with E-state index in [2.05, 4.69) is 11.6 Å². The number of aryl methyl sites for hydroxylation is 1. The van der Waals surface area contributed by atoms with Crippen LogP contribution in [-0.2, 0) is 14.3 Å². The number of methoxy groups -OCH3 is 3. The summed E-state index contributed by atoms with van der Waals surface area (Å²) in [5.74, 6) is -1.20. The molecule has 1 saturated heterocycles. The van der Waals surface area contributed by atoms with Gasteiger partial charge in [0.2, 0.25) is 5.75 Å². The number of carbonyl (C=O) groups excluding carboxylic acids is 3. The predicted octanol–water partition coefficient (Wildman–Crippen LogP) is 5.48. The summed E-state index contributed by atoms with van der Waals surface area (Å²) in [5, 5.41) is 11.6. The summed E-state index contributed by atoms with van der Waals surface area (Å²) < 4.78 is 27.4. The number of Topliss-reactive ketones (excluding diaryl/α,β-unsaturated/α-hetero) is 1. The molecule has 0 spiro atoms. The first-order valence-corrected chi connectivity index (χ1v) is 14.5. The average molecular weight is 623 g/mol. The zero-order chi connectivity index (χ0) is 32.1. The molecule has 4 rings (SSSR count). The third-order valence-electron chi connectivity index (χ3n) is 6.67. The predicted molar refractivity (Wildman–Crippen MR) is 165 cm³/mol. The summed E-state index contributed by atoms with van der Waals surface area (Å²) in [4.78, 5) is 45.8. The molecule has 0 radical (unpaired) electrons. The van der Waals surface area contributed by atoms with E-state index in [9.17, 15) is 19.5 Å². The molecule has 1 fully saturated rings. The van der Waals surface area contributed by atoms with E-state index in [4.69, 9.17) is 23.7 Å². The monoisotopic (exact) mass is 622 g/mol. The van der Waals surface area contributed by atoms with Gasteiger partial charge in [-0.1, -0.05) is 37.8 Å². The van der Waals surface area contributed by atoms with Gasteiger partial charge in [0, 0.05) is 5.56 Å². The van der Waals surface area contributed by atoms with Gasteiger partial charge in [0.25, 0.3) is 5.78 Å². The molecule has 44 heavy (non-hydrogen) atoms. The second-order valence-electron chi connectivity index (χ2n) is 10.2. The van der Waals surface area contributed by atoms with Crippen LogP contribution in [0.1, 0.15) is 46.4 Å². The van der Waals surface area contributed by atoms with Gasteiger partial charge >= 0.3 is 11.9 Å². The Morgan fingerprint density at radius 2 is 1.73 bits per heavy atom. The number of benzene rings is 2. The third-order valence-corrected chi connectivity index (χ3v) is 7.80. The highest BCUT2D eigenvalue weighted by atomic mass is 32.1. The Hall–Kier alpha value is -4.84. The maximum absolute atomic E-state index is 13.7. The number of amides is 1. The Morgan fingerprint density at radius 1 is 1.09 bits per heavy atom. The first-order chi connectivity index (χ1) is 21.1. The van der Waals surface area contributed by atoms with Crippen LogP contribution in [0.15, 0.2) is 54.6 Å². The lowest BCUT2D eigenvalue weighted by Gasteiger charge is -2.24. The number of aliphatic hydroxyl groups is 1. The zero-order valence-corrected chi connectivity index (χ0v) is 26.1. The second-order valence-corrected chi connectivity index (χ2v) is 11.1. The smallest absolute Gasteiger partial charge is 0.350 e. The van der Waals surface area contributed by atoms with Crippen LogP contribution in [0.25, 0.3) is 5.76 Å². The molecule has 12 heteroatoms. The van der Waals surface area contributed by atoms with Crippen molar-refractivity contribution in [3.8, 4) is 23.0 Å².